The minimum Gasteiger partial charge on any atom is -0.406 e. The summed E-state index contributed by atoms with van der Waals surface area (Å²) < 4.78 is 4.61. The van der Waals surface area contributed by atoms with Crippen molar-refractivity contribution in [1.82, 2.24) is 10.2 Å². The fourth-order valence-electron chi connectivity index (χ4n) is 0.903. The lowest BCUT2D eigenvalue weighted by Crippen LogP contribution is -2.00. The first kappa shape index (κ1) is 5.96. The van der Waals surface area contributed by atoms with E-state index in [1.54, 1.807) is 0 Å². The average molecular weight is 151 g/mol. The van der Waals surface area contributed by atoms with Gasteiger partial charge in [-0.3, -0.25) is 5.10 Å². The van der Waals surface area contributed by atoms with E-state index in [1.807, 2.05) is 0 Å². The quantitative estimate of drug-likeness (QED) is 0.559. The van der Waals surface area contributed by atoms with Gasteiger partial charge in [0.1, 0.15) is 5.39 Å². The first-order chi connectivity index (χ1) is 5.27. The molecule has 0 aliphatic heterocycles. The molecule has 56 valence electrons. The fourth-order valence-corrected chi connectivity index (χ4v) is 0.903. The van der Waals surface area contributed by atoms with Crippen molar-refractivity contribution in [3.8, 4) is 0 Å². The van der Waals surface area contributed by atoms with Gasteiger partial charge in [0.05, 0.1) is 11.7 Å². The third-order valence-corrected chi connectivity index (χ3v) is 1.39. The number of nitrogens with zero attached hydrogens (tertiary/aromatic N) is 1. The largest absolute Gasteiger partial charge is 0.406 e. The van der Waals surface area contributed by atoms with Gasteiger partial charge in [0, 0.05) is 6.07 Å². The molecule has 2 aromatic rings. The van der Waals surface area contributed by atoms with Crippen LogP contribution in [-0.4, -0.2) is 10.2 Å². The number of aromatic amines is 1. The number of nitrogens with two attached hydrogens (primary N) is 1. The van der Waals surface area contributed by atoms with Crippen LogP contribution in [0.3, 0.4) is 0 Å². The van der Waals surface area contributed by atoms with Crippen LogP contribution in [0.4, 0.5) is 5.88 Å². The van der Waals surface area contributed by atoms with Gasteiger partial charge >= 0.3 is 5.63 Å². The van der Waals surface area contributed by atoms with Crippen LogP contribution in [-0.2, 0) is 0 Å². The predicted molar refractivity (Wildman–Crippen MR) is 39.0 cm³/mol. The zero-order valence-electron chi connectivity index (χ0n) is 5.50. The average Bonchev–Trinajstić information content (AvgIpc) is 2.34. The Morgan fingerprint density at radius 3 is 3.27 bits per heavy atom. The Labute approximate surface area is 60.8 Å². The highest BCUT2D eigenvalue weighted by atomic mass is 16.4. The number of rotatable bonds is 0. The van der Waals surface area contributed by atoms with E-state index in [9.17, 15) is 4.79 Å². The number of nitrogens with one attached hydrogen (secondary N) is 1. The molecule has 2 heterocycles. The summed E-state index contributed by atoms with van der Waals surface area (Å²) in [5.74, 6) is 0.0896. The van der Waals surface area contributed by atoms with Crippen LogP contribution in [0.25, 0.3) is 10.9 Å². The first-order valence-electron chi connectivity index (χ1n) is 3.00. The van der Waals surface area contributed by atoms with Crippen LogP contribution in [0.2, 0.25) is 0 Å². The van der Waals surface area contributed by atoms with E-state index in [0.717, 1.165) is 0 Å². The van der Waals surface area contributed by atoms with Crippen molar-refractivity contribution < 1.29 is 4.42 Å². The van der Waals surface area contributed by atoms with Crippen molar-refractivity contribution in [3.63, 3.8) is 0 Å². The zero-order valence-corrected chi connectivity index (χ0v) is 5.50. The molecular weight excluding hydrogens is 146 g/mol. The van der Waals surface area contributed by atoms with Crippen molar-refractivity contribution in [2.45, 2.75) is 0 Å². The second-order valence-electron chi connectivity index (χ2n) is 2.13. The second kappa shape index (κ2) is 1.85. The summed E-state index contributed by atoms with van der Waals surface area (Å²) in [6.45, 7) is 0. The lowest BCUT2D eigenvalue weighted by molar-refractivity contribution is 0.540. The standard InChI is InChI=1S/C6H5N3O2/c7-5-1-4-3(2-8-9-4)6(10)11-5/h1-2H,7H2,(H,8,9). The summed E-state index contributed by atoms with van der Waals surface area (Å²) in [5.41, 5.74) is 5.40. The highest BCUT2D eigenvalue weighted by molar-refractivity contribution is 5.77. The lowest BCUT2D eigenvalue weighted by atomic mass is 10.3. The molecule has 0 unspecified atom stereocenters. The van der Waals surface area contributed by atoms with Crippen molar-refractivity contribution in [3.05, 3.63) is 22.7 Å². The van der Waals surface area contributed by atoms with Crippen LogP contribution in [0.15, 0.2) is 21.5 Å². The normalized spacial score (nSPS) is 10.5. The molecule has 0 saturated carbocycles. The van der Waals surface area contributed by atoms with Crippen LogP contribution in [0, 0.1) is 0 Å². The SMILES string of the molecule is Nc1cc2[nH]ncc2c(=O)o1. The molecule has 0 atom stereocenters. The monoisotopic (exact) mass is 151 g/mol. The number of hydrogen-bond acceptors (Lipinski definition) is 4. The predicted octanol–water partition coefficient (Wildman–Crippen LogP) is 0.0983. The summed E-state index contributed by atoms with van der Waals surface area (Å²) in [5, 5.41) is 6.69. The molecule has 0 amide bonds. The summed E-state index contributed by atoms with van der Waals surface area (Å²) in [7, 11) is 0. The molecule has 3 N–H and O–H groups in total. The minimum atomic E-state index is -0.464. The van der Waals surface area contributed by atoms with Crippen LogP contribution >= 0.6 is 0 Å². The van der Waals surface area contributed by atoms with E-state index in [-0.39, 0.29) is 5.88 Å². The number of aromatic nitrogens is 2. The molecule has 2 aromatic heterocycles. The molecule has 0 aliphatic carbocycles. The molecule has 0 radical (unpaired) electrons. The Morgan fingerprint density at radius 2 is 2.45 bits per heavy atom. The Kier molecular flexibility index (Phi) is 1.00. The number of anilines is 1. The van der Waals surface area contributed by atoms with Crippen molar-refractivity contribution in [2.75, 3.05) is 5.73 Å². The maximum Gasteiger partial charge on any atom is 0.348 e. The minimum absolute atomic E-state index is 0.0896. The maximum absolute atomic E-state index is 11.0. The number of hydrogen-bond donors (Lipinski definition) is 2. The van der Waals surface area contributed by atoms with Gasteiger partial charge in [-0.1, -0.05) is 0 Å². The van der Waals surface area contributed by atoms with Crippen molar-refractivity contribution in [2.24, 2.45) is 0 Å². The van der Waals surface area contributed by atoms with E-state index in [0.29, 0.717) is 10.9 Å². The third-order valence-electron chi connectivity index (χ3n) is 1.39. The van der Waals surface area contributed by atoms with Crippen molar-refractivity contribution in [1.29, 1.82) is 0 Å². The Balaban J connectivity index is 3.02. The van der Waals surface area contributed by atoms with Gasteiger partial charge in [-0.05, 0) is 0 Å². The molecule has 0 fully saturated rings. The second-order valence-corrected chi connectivity index (χ2v) is 2.13. The van der Waals surface area contributed by atoms with Gasteiger partial charge in [0.25, 0.3) is 0 Å². The number of nitrogen functional groups attached to an aromatic ring is 1. The number of H-pyrrole nitrogens is 1. The molecule has 5 nitrogen and oxygen atoms in total. The molecule has 2 rings (SSSR count). The molecule has 5 heteroatoms. The topological polar surface area (TPSA) is 84.9 Å². The Morgan fingerprint density at radius 1 is 1.64 bits per heavy atom. The van der Waals surface area contributed by atoms with E-state index < -0.39 is 5.63 Å². The van der Waals surface area contributed by atoms with Gasteiger partial charge in [-0.15, -0.1) is 0 Å². The fraction of sp³-hybridized carbons (Fsp3) is 0. The van der Waals surface area contributed by atoms with E-state index in [2.05, 4.69) is 14.6 Å². The highest BCUT2D eigenvalue weighted by Crippen LogP contribution is 2.08. The molecule has 0 saturated heterocycles. The number of fused-ring (bicyclic) bond motifs is 1. The van der Waals surface area contributed by atoms with Crippen LogP contribution in [0.1, 0.15) is 0 Å². The summed E-state index contributed by atoms with van der Waals surface area (Å²) in [6, 6.07) is 1.52. The molecule has 11 heavy (non-hydrogen) atoms. The molecular formula is C6H5N3O2. The van der Waals surface area contributed by atoms with E-state index in [4.69, 9.17) is 5.73 Å². The van der Waals surface area contributed by atoms with Crippen LogP contribution < -0.4 is 11.4 Å². The molecule has 0 bridgehead atoms. The van der Waals surface area contributed by atoms with Gasteiger partial charge < -0.3 is 10.2 Å². The molecule has 0 aliphatic rings. The first-order valence-corrected chi connectivity index (χ1v) is 3.00. The molecule has 0 aromatic carbocycles. The van der Waals surface area contributed by atoms with E-state index in [1.165, 1.54) is 12.3 Å². The Bertz CT molecular complexity index is 442. The third kappa shape index (κ3) is 0.778. The maximum atomic E-state index is 11.0. The lowest BCUT2D eigenvalue weighted by Gasteiger charge is -1.88. The highest BCUT2D eigenvalue weighted by Gasteiger charge is 2.02. The summed E-state index contributed by atoms with van der Waals surface area (Å²) in [6.07, 6.45) is 1.40. The van der Waals surface area contributed by atoms with Crippen LogP contribution in [0.5, 0.6) is 0 Å². The summed E-state index contributed by atoms with van der Waals surface area (Å²) in [4.78, 5) is 11.0. The van der Waals surface area contributed by atoms with Crippen molar-refractivity contribution >= 4 is 16.8 Å². The van der Waals surface area contributed by atoms with E-state index >= 15 is 0 Å². The van der Waals surface area contributed by atoms with Gasteiger partial charge in [0.2, 0.25) is 0 Å². The summed E-state index contributed by atoms with van der Waals surface area (Å²) >= 11 is 0. The molecule has 0 spiro atoms. The van der Waals surface area contributed by atoms with Gasteiger partial charge in [-0.2, -0.15) is 5.10 Å². The zero-order chi connectivity index (χ0) is 7.84. The smallest absolute Gasteiger partial charge is 0.348 e. The van der Waals surface area contributed by atoms with Gasteiger partial charge in [0.15, 0.2) is 5.88 Å². The Hall–Kier alpha value is -1.78. The van der Waals surface area contributed by atoms with Gasteiger partial charge in [-0.25, -0.2) is 4.79 Å².